The lowest BCUT2D eigenvalue weighted by Gasteiger charge is -2.38. The Morgan fingerprint density at radius 1 is 1.31 bits per heavy atom. The molecule has 0 fully saturated rings. The van der Waals surface area contributed by atoms with Crippen LogP contribution in [0.15, 0.2) is 36.5 Å². The molecule has 2 N–H and O–H groups in total. The zero-order chi connectivity index (χ0) is 21.1. The first-order valence-corrected chi connectivity index (χ1v) is 12.0. The minimum atomic E-state index is -0.176. The van der Waals surface area contributed by atoms with Crippen LogP contribution >= 0.6 is 11.8 Å². The van der Waals surface area contributed by atoms with Crippen LogP contribution in [0.25, 0.3) is 0 Å². The quantitative estimate of drug-likeness (QED) is 0.622. The number of hydrogen-bond acceptors (Lipinski definition) is 4. The Morgan fingerprint density at radius 3 is 2.62 bits per heavy atom. The molecular formula is C23H34N4OS. The van der Waals surface area contributed by atoms with E-state index in [1.165, 1.54) is 5.56 Å². The van der Waals surface area contributed by atoms with Gasteiger partial charge in [0, 0.05) is 5.54 Å². The third-order valence-corrected chi connectivity index (χ3v) is 6.93. The van der Waals surface area contributed by atoms with Crippen LogP contribution in [0.2, 0.25) is 0 Å². The predicted octanol–water partition coefficient (Wildman–Crippen LogP) is 5.22. The van der Waals surface area contributed by atoms with Gasteiger partial charge in [0.25, 0.3) is 5.91 Å². The minimum Gasteiger partial charge on any atom is -0.363 e. The molecule has 1 aliphatic rings. The van der Waals surface area contributed by atoms with Crippen LogP contribution in [0, 0.1) is 0 Å². The Morgan fingerprint density at radius 2 is 2.00 bits per heavy atom. The number of hydrogen-bond donors (Lipinski definition) is 2. The van der Waals surface area contributed by atoms with Crippen LogP contribution in [0.1, 0.15) is 75.3 Å². The summed E-state index contributed by atoms with van der Waals surface area (Å²) in [6, 6.07) is 10.6. The van der Waals surface area contributed by atoms with E-state index in [4.69, 9.17) is 0 Å². The van der Waals surface area contributed by atoms with E-state index >= 15 is 0 Å². The van der Waals surface area contributed by atoms with Crippen molar-refractivity contribution in [3.63, 3.8) is 0 Å². The standard InChI is InChI=1S/C23H34N4OS/c1-6-23(7-2,13-14-29-5)26-21(28)18-16-24-27-20(18)25-19(15-22(27,3)4)17-11-9-8-10-12-17/h8-12,16,19,25H,6-7,13-15H2,1-5H3,(H,26,28). The lowest BCUT2D eigenvalue weighted by atomic mass is 9.88. The average Bonchev–Trinajstić information content (AvgIpc) is 3.17. The van der Waals surface area contributed by atoms with Gasteiger partial charge >= 0.3 is 0 Å². The molecule has 158 valence electrons. The Labute approximate surface area is 179 Å². The summed E-state index contributed by atoms with van der Waals surface area (Å²) >= 11 is 1.82. The summed E-state index contributed by atoms with van der Waals surface area (Å²) in [5.41, 5.74) is 1.52. The van der Waals surface area contributed by atoms with E-state index in [2.05, 4.69) is 73.9 Å². The molecule has 1 aromatic carbocycles. The molecule has 0 saturated heterocycles. The summed E-state index contributed by atoms with van der Waals surface area (Å²) in [6.45, 7) is 8.68. The van der Waals surface area contributed by atoms with E-state index < -0.39 is 0 Å². The van der Waals surface area contributed by atoms with Gasteiger partial charge in [0.1, 0.15) is 11.4 Å². The van der Waals surface area contributed by atoms with Crippen molar-refractivity contribution in [1.29, 1.82) is 0 Å². The molecule has 3 rings (SSSR count). The van der Waals surface area contributed by atoms with Crippen LogP contribution in [0.4, 0.5) is 5.82 Å². The number of carbonyl (C=O) groups excluding carboxylic acids is 1. The molecule has 0 spiro atoms. The highest BCUT2D eigenvalue weighted by Gasteiger charge is 2.37. The van der Waals surface area contributed by atoms with Crippen molar-refractivity contribution in [3.05, 3.63) is 47.7 Å². The largest absolute Gasteiger partial charge is 0.363 e. The summed E-state index contributed by atoms with van der Waals surface area (Å²) in [4.78, 5) is 13.3. The molecule has 0 aliphatic carbocycles. The van der Waals surface area contributed by atoms with Gasteiger partial charge in [0.05, 0.1) is 17.8 Å². The average molecular weight is 415 g/mol. The molecular weight excluding hydrogens is 380 g/mol. The Bertz CT molecular complexity index is 827. The van der Waals surface area contributed by atoms with Crippen LogP contribution in [-0.2, 0) is 5.54 Å². The van der Waals surface area contributed by atoms with Gasteiger partial charge in [-0.05, 0) is 57.1 Å². The summed E-state index contributed by atoms with van der Waals surface area (Å²) in [5, 5.41) is 11.5. The Balaban J connectivity index is 1.90. The highest BCUT2D eigenvalue weighted by molar-refractivity contribution is 7.98. The fourth-order valence-electron chi connectivity index (χ4n) is 4.25. The van der Waals surface area contributed by atoms with E-state index in [0.29, 0.717) is 5.56 Å². The first kappa shape index (κ1) is 21.8. The first-order valence-electron chi connectivity index (χ1n) is 10.6. The molecule has 2 heterocycles. The maximum atomic E-state index is 13.3. The smallest absolute Gasteiger partial charge is 0.257 e. The second-order valence-corrected chi connectivity index (χ2v) is 9.61. The van der Waals surface area contributed by atoms with Crippen LogP contribution in [-0.4, -0.2) is 33.2 Å². The third-order valence-electron chi connectivity index (χ3n) is 6.32. The van der Waals surface area contributed by atoms with Gasteiger partial charge in [-0.3, -0.25) is 4.79 Å². The maximum absolute atomic E-state index is 13.3. The van der Waals surface area contributed by atoms with Gasteiger partial charge in [-0.1, -0.05) is 44.2 Å². The fraction of sp³-hybridized carbons (Fsp3) is 0.565. The number of nitrogens with zero attached hydrogens (tertiary/aromatic N) is 2. The Hall–Kier alpha value is -1.95. The number of anilines is 1. The van der Waals surface area contributed by atoms with Crippen molar-refractivity contribution in [2.75, 3.05) is 17.3 Å². The third kappa shape index (κ3) is 4.47. The van der Waals surface area contributed by atoms with Crippen molar-refractivity contribution in [3.8, 4) is 0 Å². The molecule has 1 aromatic heterocycles. The Kier molecular flexibility index (Phi) is 6.62. The molecule has 1 unspecified atom stereocenters. The van der Waals surface area contributed by atoms with Gasteiger partial charge in [0.2, 0.25) is 0 Å². The van der Waals surface area contributed by atoms with E-state index in [9.17, 15) is 4.79 Å². The van der Waals surface area contributed by atoms with Crippen molar-refractivity contribution >= 4 is 23.5 Å². The van der Waals surface area contributed by atoms with Gasteiger partial charge in [-0.25, -0.2) is 4.68 Å². The lowest BCUT2D eigenvalue weighted by Crippen LogP contribution is -2.48. The van der Waals surface area contributed by atoms with Crippen LogP contribution in [0.5, 0.6) is 0 Å². The van der Waals surface area contributed by atoms with Gasteiger partial charge in [-0.2, -0.15) is 16.9 Å². The number of fused-ring (bicyclic) bond motifs is 1. The van der Waals surface area contributed by atoms with Gasteiger partial charge < -0.3 is 10.6 Å². The molecule has 29 heavy (non-hydrogen) atoms. The van der Waals surface area contributed by atoms with Gasteiger partial charge in [-0.15, -0.1) is 0 Å². The van der Waals surface area contributed by atoms with E-state index in [1.54, 1.807) is 6.20 Å². The van der Waals surface area contributed by atoms with Crippen molar-refractivity contribution < 1.29 is 4.79 Å². The van der Waals surface area contributed by atoms with Crippen LogP contribution in [0.3, 0.4) is 0 Å². The number of amides is 1. The SMILES string of the molecule is CCC(CC)(CCSC)NC(=O)c1cnn2c1NC(c1ccccc1)CC2(C)C. The summed E-state index contributed by atoms with van der Waals surface area (Å²) < 4.78 is 1.98. The van der Waals surface area contributed by atoms with Crippen molar-refractivity contribution in [2.45, 2.75) is 70.5 Å². The second kappa shape index (κ2) is 8.82. The van der Waals surface area contributed by atoms with E-state index in [1.807, 2.05) is 22.5 Å². The first-order chi connectivity index (χ1) is 13.9. The number of aromatic nitrogens is 2. The minimum absolute atomic E-state index is 0.0342. The molecule has 1 aliphatic heterocycles. The highest BCUT2D eigenvalue weighted by Crippen LogP contribution is 2.40. The molecule has 6 heteroatoms. The van der Waals surface area contributed by atoms with E-state index in [-0.39, 0.29) is 23.0 Å². The fourth-order valence-corrected chi connectivity index (χ4v) is 4.84. The summed E-state index contributed by atoms with van der Waals surface area (Å²) in [7, 11) is 0. The van der Waals surface area contributed by atoms with Crippen LogP contribution < -0.4 is 10.6 Å². The summed E-state index contributed by atoms with van der Waals surface area (Å²) in [6.07, 6.45) is 7.56. The lowest BCUT2D eigenvalue weighted by molar-refractivity contribution is 0.0889. The zero-order valence-corrected chi connectivity index (χ0v) is 19.1. The van der Waals surface area contributed by atoms with Crippen molar-refractivity contribution in [1.82, 2.24) is 15.1 Å². The topological polar surface area (TPSA) is 59.0 Å². The molecule has 5 nitrogen and oxygen atoms in total. The molecule has 1 atom stereocenters. The molecule has 0 bridgehead atoms. The number of benzene rings is 1. The number of rotatable bonds is 8. The molecule has 2 aromatic rings. The normalized spacial score (nSPS) is 18.0. The van der Waals surface area contributed by atoms with Gasteiger partial charge in [0.15, 0.2) is 0 Å². The zero-order valence-electron chi connectivity index (χ0n) is 18.3. The number of thioether (sulfide) groups is 1. The molecule has 0 saturated carbocycles. The van der Waals surface area contributed by atoms with E-state index in [0.717, 1.165) is 37.3 Å². The second-order valence-electron chi connectivity index (χ2n) is 8.63. The summed E-state index contributed by atoms with van der Waals surface area (Å²) in [5.74, 6) is 1.82. The number of nitrogens with one attached hydrogen (secondary N) is 2. The predicted molar refractivity (Wildman–Crippen MR) is 123 cm³/mol. The number of carbonyl (C=O) groups is 1. The highest BCUT2D eigenvalue weighted by atomic mass is 32.2. The molecule has 0 radical (unpaired) electrons. The van der Waals surface area contributed by atoms with Crippen molar-refractivity contribution in [2.24, 2.45) is 0 Å². The monoisotopic (exact) mass is 414 g/mol. The maximum Gasteiger partial charge on any atom is 0.257 e. The molecule has 1 amide bonds.